The van der Waals surface area contributed by atoms with E-state index in [4.69, 9.17) is 9.47 Å². The Hall–Kier alpha value is -6.25. The topological polar surface area (TPSA) is 210 Å². The van der Waals surface area contributed by atoms with Crippen LogP contribution in [0, 0.1) is 23.7 Å². The molecule has 0 aliphatic heterocycles. The Morgan fingerprint density at radius 3 is 1.30 bits per heavy atom. The van der Waals surface area contributed by atoms with E-state index in [9.17, 15) is 33.6 Å². The molecule has 6 N–H and O–H groups in total. The number of carbonyl (C=O) groups excluding carboxylic acids is 7. The lowest BCUT2D eigenvalue weighted by molar-refractivity contribution is -0.149. The van der Waals surface area contributed by atoms with Crippen LogP contribution in [-0.2, 0) is 57.7 Å². The van der Waals surface area contributed by atoms with Gasteiger partial charge in [-0.25, -0.2) is 9.59 Å². The van der Waals surface area contributed by atoms with Gasteiger partial charge >= 0.3 is 12.1 Å². The average molecular weight is 947 g/mol. The van der Waals surface area contributed by atoms with Gasteiger partial charge in [-0.05, 0) is 88.8 Å². The Morgan fingerprint density at radius 1 is 0.478 bits per heavy atom. The minimum Gasteiger partial charge on any atom is -0.459 e. The Bertz CT molecular complexity index is 2240. The van der Waals surface area contributed by atoms with Crippen LogP contribution in [0.15, 0.2) is 91.0 Å². The van der Waals surface area contributed by atoms with Crippen LogP contribution < -0.4 is 31.9 Å². The van der Waals surface area contributed by atoms with Gasteiger partial charge in [-0.15, -0.1) is 0 Å². The van der Waals surface area contributed by atoms with Gasteiger partial charge in [-0.1, -0.05) is 117 Å². The van der Waals surface area contributed by atoms with Crippen LogP contribution in [-0.4, -0.2) is 83.5 Å². The summed E-state index contributed by atoms with van der Waals surface area (Å²) in [7, 11) is 0. The SMILES string of the molecule is CC(C)(C)OC(=O)N[C@H]1CCC[C@@H]1C(=O)N[C@H]1CCC[C@@H]1C(=O)N[C@@H](Cc1ccccc1)C(=O)N[C@H]1CCC[C@@H]1C(=O)N[C@H]1CCC[C@@H]1C(=O)N[C@@H](Cc1ccccc1)C(=O)OCc1ccccc1. The molecule has 15 nitrogen and oxygen atoms in total. The summed E-state index contributed by atoms with van der Waals surface area (Å²) in [4.78, 5) is 96.3. The largest absolute Gasteiger partial charge is 0.459 e. The highest BCUT2D eigenvalue weighted by atomic mass is 16.6. The average Bonchev–Trinajstić information content (AvgIpc) is 4.17. The first-order valence-electron chi connectivity index (χ1n) is 25.0. The molecule has 0 aromatic heterocycles. The summed E-state index contributed by atoms with van der Waals surface area (Å²) >= 11 is 0. The van der Waals surface area contributed by atoms with Crippen molar-refractivity contribution in [2.24, 2.45) is 23.7 Å². The van der Waals surface area contributed by atoms with Crippen molar-refractivity contribution in [3.05, 3.63) is 108 Å². The molecule has 3 aromatic rings. The van der Waals surface area contributed by atoms with Gasteiger partial charge < -0.3 is 41.4 Å². The highest BCUT2D eigenvalue weighted by molar-refractivity contribution is 5.91. The number of ether oxygens (including phenoxy) is 2. The zero-order valence-electron chi connectivity index (χ0n) is 40.2. The molecule has 4 saturated carbocycles. The third-order valence-electron chi connectivity index (χ3n) is 14.1. The van der Waals surface area contributed by atoms with E-state index < -0.39 is 77.5 Å². The van der Waals surface area contributed by atoms with Crippen LogP contribution in [0.3, 0.4) is 0 Å². The molecule has 370 valence electrons. The number of hydrogen-bond acceptors (Lipinski definition) is 9. The van der Waals surface area contributed by atoms with Crippen molar-refractivity contribution in [3.8, 4) is 0 Å². The first-order valence-corrected chi connectivity index (χ1v) is 25.0. The van der Waals surface area contributed by atoms with Crippen LogP contribution in [0.1, 0.15) is 115 Å². The summed E-state index contributed by atoms with van der Waals surface area (Å²) in [5.41, 5.74) is 1.87. The summed E-state index contributed by atoms with van der Waals surface area (Å²) in [5.74, 6) is -4.19. The monoisotopic (exact) mass is 947 g/mol. The number of carbonyl (C=O) groups is 7. The van der Waals surface area contributed by atoms with E-state index in [1.807, 2.05) is 91.0 Å². The first-order chi connectivity index (χ1) is 33.2. The molecule has 0 heterocycles. The molecule has 0 radical (unpaired) electrons. The predicted molar refractivity (Wildman–Crippen MR) is 259 cm³/mol. The number of hydrogen-bond donors (Lipinski definition) is 6. The maximum absolute atomic E-state index is 14.3. The van der Waals surface area contributed by atoms with Gasteiger partial charge in [0.25, 0.3) is 0 Å². The minimum absolute atomic E-state index is 0.0713. The molecule has 0 unspecified atom stereocenters. The fourth-order valence-electron chi connectivity index (χ4n) is 10.6. The molecule has 4 fully saturated rings. The second-order valence-corrected chi connectivity index (χ2v) is 20.3. The molecule has 0 bridgehead atoms. The van der Waals surface area contributed by atoms with Crippen LogP contribution in [0.4, 0.5) is 4.79 Å². The number of rotatable bonds is 18. The lowest BCUT2D eigenvalue weighted by atomic mass is 9.96. The highest BCUT2D eigenvalue weighted by Gasteiger charge is 2.43. The standard InChI is InChI=1S/C54H70N6O9/c1-54(2,3)69-53(67)60-44-30-16-26-40(44)48(62)56-41-27-13-23-37(41)49(63)58-45(31-34-17-7-4-8-18-34)51(65)57-43-29-15-25-39(43)47(61)55-42-28-14-24-38(42)50(64)59-46(32-35-19-9-5-10-20-35)52(66)68-33-36-21-11-6-12-22-36/h4-12,17-22,37-46H,13-16,23-33H2,1-3H3,(H,55,61)(H,56,62)(H,57,65)(H,58,63)(H,59,64)(H,60,67)/t37-,38-,39-,40-,41-,42-,43-,44-,45-,46-/m0/s1. The van der Waals surface area contributed by atoms with E-state index in [1.165, 1.54) is 0 Å². The Kier molecular flexibility index (Phi) is 17.5. The number of esters is 1. The molecule has 0 spiro atoms. The third-order valence-corrected chi connectivity index (χ3v) is 14.1. The molecule has 15 heteroatoms. The molecular formula is C54H70N6O9. The third kappa shape index (κ3) is 14.4. The molecule has 4 aliphatic carbocycles. The van der Waals surface area contributed by atoms with Gasteiger partial charge in [0.2, 0.25) is 29.5 Å². The Labute approximate surface area is 405 Å². The molecule has 0 saturated heterocycles. The minimum atomic E-state index is -0.954. The normalized spacial score (nSPS) is 25.1. The summed E-state index contributed by atoms with van der Waals surface area (Å²) < 4.78 is 11.1. The van der Waals surface area contributed by atoms with Gasteiger partial charge in [0.05, 0.1) is 23.7 Å². The van der Waals surface area contributed by atoms with Crippen molar-refractivity contribution in [1.29, 1.82) is 0 Å². The molecule has 6 amide bonds. The fourth-order valence-corrected chi connectivity index (χ4v) is 10.6. The van der Waals surface area contributed by atoms with Gasteiger partial charge in [-0.2, -0.15) is 0 Å². The number of benzene rings is 3. The Morgan fingerprint density at radius 2 is 0.855 bits per heavy atom. The molecular weight excluding hydrogens is 877 g/mol. The van der Waals surface area contributed by atoms with Crippen molar-refractivity contribution in [2.75, 3.05) is 0 Å². The van der Waals surface area contributed by atoms with Crippen LogP contribution in [0.2, 0.25) is 0 Å². The van der Waals surface area contributed by atoms with E-state index in [0.717, 1.165) is 29.5 Å². The van der Waals surface area contributed by atoms with Gasteiger partial charge in [0.1, 0.15) is 24.3 Å². The van der Waals surface area contributed by atoms with E-state index in [-0.39, 0.29) is 49.1 Å². The fraction of sp³-hybridized carbons (Fsp3) is 0.537. The quantitative estimate of drug-likeness (QED) is 0.0859. The molecule has 4 aliphatic rings. The molecule has 7 rings (SSSR count). The van der Waals surface area contributed by atoms with Crippen molar-refractivity contribution >= 4 is 41.6 Å². The van der Waals surface area contributed by atoms with Gasteiger partial charge in [-0.3, -0.25) is 24.0 Å². The molecule has 3 aromatic carbocycles. The van der Waals surface area contributed by atoms with E-state index in [0.29, 0.717) is 64.2 Å². The van der Waals surface area contributed by atoms with Gasteiger partial charge in [0, 0.05) is 37.0 Å². The van der Waals surface area contributed by atoms with Crippen LogP contribution in [0.5, 0.6) is 0 Å². The Balaban J connectivity index is 0.957. The molecule has 10 atom stereocenters. The smallest absolute Gasteiger partial charge is 0.407 e. The van der Waals surface area contributed by atoms with Crippen LogP contribution in [0.25, 0.3) is 0 Å². The van der Waals surface area contributed by atoms with Crippen LogP contribution >= 0.6 is 0 Å². The second kappa shape index (κ2) is 23.9. The zero-order valence-corrected chi connectivity index (χ0v) is 40.2. The maximum atomic E-state index is 14.3. The number of amides is 6. The van der Waals surface area contributed by atoms with Crippen molar-refractivity contribution in [1.82, 2.24) is 31.9 Å². The summed E-state index contributed by atoms with van der Waals surface area (Å²) in [6.07, 6.45) is 7.46. The number of alkyl carbamates (subject to hydrolysis) is 1. The summed E-state index contributed by atoms with van der Waals surface area (Å²) in [6.45, 7) is 5.42. The number of nitrogens with one attached hydrogen (secondary N) is 6. The zero-order chi connectivity index (χ0) is 48.9. The maximum Gasteiger partial charge on any atom is 0.407 e. The molecule has 69 heavy (non-hydrogen) atoms. The first kappa shape index (κ1) is 50.6. The summed E-state index contributed by atoms with van der Waals surface area (Å²) in [6, 6.07) is 24.5. The second-order valence-electron chi connectivity index (χ2n) is 20.3. The van der Waals surface area contributed by atoms with Crippen molar-refractivity contribution in [3.63, 3.8) is 0 Å². The predicted octanol–water partition coefficient (Wildman–Crippen LogP) is 5.73. The lowest BCUT2D eigenvalue weighted by Crippen LogP contribution is -2.56. The highest BCUT2D eigenvalue weighted by Crippen LogP contribution is 2.32. The van der Waals surface area contributed by atoms with Crippen molar-refractivity contribution < 1.29 is 43.0 Å². The van der Waals surface area contributed by atoms with Gasteiger partial charge in [0.15, 0.2) is 0 Å². The van der Waals surface area contributed by atoms with E-state index in [2.05, 4.69) is 31.9 Å². The van der Waals surface area contributed by atoms with Crippen molar-refractivity contribution in [2.45, 2.75) is 159 Å². The summed E-state index contributed by atoms with van der Waals surface area (Å²) in [5, 5.41) is 18.3. The van der Waals surface area contributed by atoms with E-state index >= 15 is 0 Å². The van der Waals surface area contributed by atoms with E-state index in [1.54, 1.807) is 20.8 Å². The lowest BCUT2D eigenvalue weighted by Gasteiger charge is -2.29.